The van der Waals surface area contributed by atoms with Gasteiger partial charge in [0.25, 0.3) is 0 Å². The second-order valence-corrected chi connectivity index (χ2v) is 5.83. The van der Waals surface area contributed by atoms with Crippen LogP contribution in [0.3, 0.4) is 0 Å². The third kappa shape index (κ3) is 3.40. The maximum Gasteiger partial charge on any atom is 0.237 e. The molecular weight excluding hydrogens is 390 g/mol. The van der Waals surface area contributed by atoms with Crippen molar-refractivity contribution >= 4 is 33.2 Å². The van der Waals surface area contributed by atoms with Gasteiger partial charge in [-0.05, 0) is 29.8 Å². The summed E-state index contributed by atoms with van der Waals surface area (Å²) in [5.41, 5.74) is 2.80. The van der Waals surface area contributed by atoms with Crippen LogP contribution in [0.5, 0.6) is 11.5 Å². The van der Waals surface area contributed by atoms with Gasteiger partial charge in [0.05, 0.1) is 17.3 Å². The van der Waals surface area contributed by atoms with E-state index in [0.717, 1.165) is 5.56 Å². The zero-order chi connectivity index (χ0) is 16.9. The van der Waals surface area contributed by atoms with Crippen LogP contribution in [0.15, 0.2) is 55.0 Å². The second kappa shape index (κ2) is 7.43. The summed E-state index contributed by atoms with van der Waals surface area (Å²) in [6.07, 6.45) is 3.09. The highest BCUT2D eigenvalue weighted by Gasteiger charge is 2.14. The van der Waals surface area contributed by atoms with Crippen LogP contribution >= 0.6 is 27.5 Å². The number of nitrogens with zero attached hydrogens (tertiary/aromatic N) is 3. The zero-order valence-corrected chi connectivity index (χ0v) is 14.8. The van der Waals surface area contributed by atoms with Crippen LogP contribution in [-0.4, -0.2) is 9.97 Å². The fourth-order valence-electron chi connectivity index (χ4n) is 2.21. The minimum Gasteiger partial charge on any atom is -0.467 e. The number of para-hydroxylation sites is 1. The van der Waals surface area contributed by atoms with Crippen LogP contribution in [0.4, 0.5) is 5.69 Å². The molecule has 0 radical (unpaired) electrons. The van der Waals surface area contributed by atoms with Crippen molar-refractivity contribution in [1.29, 1.82) is 0 Å². The molecule has 2 aromatic carbocycles. The molecule has 0 amide bonds. The summed E-state index contributed by atoms with van der Waals surface area (Å²) in [6, 6.07) is 12.7. The molecule has 3 aromatic rings. The number of rotatable bonds is 4. The fraction of sp³-hybridized carbons (Fsp3) is 0.0556. The molecule has 24 heavy (non-hydrogen) atoms. The standard InChI is InChI=1S/C18H11BrClN3O/c1-21-18-13(15-7-8-22-11-23-15)3-2-4-17(18)24-16-6-5-12(10-19)9-14(16)20/h2-9,11H,10H2. The minimum absolute atomic E-state index is 0.386. The summed E-state index contributed by atoms with van der Waals surface area (Å²) < 4.78 is 5.89. The molecule has 6 heteroatoms. The van der Waals surface area contributed by atoms with E-state index in [1.54, 1.807) is 24.4 Å². The van der Waals surface area contributed by atoms with Crippen LogP contribution in [0.25, 0.3) is 16.1 Å². The molecule has 0 aliphatic heterocycles. The fourth-order valence-corrected chi connectivity index (χ4v) is 2.80. The van der Waals surface area contributed by atoms with Crippen molar-refractivity contribution in [2.75, 3.05) is 0 Å². The van der Waals surface area contributed by atoms with Crippen molar-refractivity contribution in [1.82, 2.24) is 9.97 Å². The summed E-state index contributed by atoms with van der Waals surface area (Å²) in [7, 11) is 0. The third-order valence-electron chi connectivity index (χ3n) is 3.34. The molecular formula is C18H11BrClN3O. The second-order valence-electron chi connectivity index (χ2n) is 4.86. The lowest BCUT2D eigenvalue weighted by atomic mass is 10.1. The van der Waals surface area contributed by atoms with Gasteiger partial charge in [-0.3, -0.25) is 0 Å². The third-order valence-corrected chi connectivity index (χ3v) is 4.28. The maximum atomic E-state index is 7.52. The van der Waals surface area contributed by atoms with Crippen LogP contribution in [0, 0.1) is 6.57 Å². The number of ether oxygens (including phenoxy) is 1. The molecule has 0 aliphatic carbocycles. The molecule has 0 fully saturated rings. The van der Waals surface area contributed by atoms with Gasteiger partial charge in [-0.15, -0.1) is 0 Å². The molecule has 0 atom stereocenters. The summed E-state index contributed by atoms with van der Waals surface area (Å²) >= 11 is 9.66. The van der Waals surface area contributed by atoms with E-state index in [-0.39, 0.29) is 0 Å². The van der Waals surface area contributed by atoms with Gasteiger partial charge in [0.15, 0.2) is 0 Å². The number of aromatic nitrogens is 2. The monoisotopic (exact) mass is 399 g/mol. The van der Waals surface area contributed by atoms with Crippen molar-refractivity contribution in [2.45, 2.75) is 5.33 Å². The smallest absolute Gasteiger partial charge is 0.237 e. The first-order valence-corrected chi connectivity index (χ1v) is 8.52. The number of halogens is 2. The highest BCUT2D eigenvalue weighted by Crippen LogP contribution is 2.41. The molecule has 0 saturated heterocycles. The molecule has 0 aliphatic rings. The van der Waals surface area contributed by atoms with Crippen molar-refractivity contribution in [3.63, 3.8) is 0 Å². The summed E-state index contributed by atoms with van der Waals surface area (Å²) in [5, 5.41) is 1.21. The summed E-state index contributed by atoms with van der Waals surface area (Å²) in [6.45, 7) is 7.52. The van der Waals surface area contributed by atoms with Gasteiger partial charge in [0.2, 0.25) is 5.69 Å². The van der Waals surface area contributed by atoms with E-state index in [1.807, 2.05) is 24.3 Å². The Morgan fingerprint density at radius 2 is 2.04 bits per heavy atom. The molecule has 0 saturated carbocycles. The SMILES string of the molecule is [C-]#[N+]c1c(Oc2ccc(CBr)cc2Cl)cccc1-c1ccncn1. The average molecular weight is 401 g/mol. The number of benzene rings is 2. The maximum absolute atomic E-state index is 7.52. The Bertz CT molecular complexity index is 910. The first-order valence-electron chi connectivity index (χ1n) is 7.02. The van der Waals surface area contributed by atoms with Gasteiger partial charge in [-0.1, -0.05) is 45.7 Å². The summed E-state index contributed by atoms with van der Waals surface area (Å²) in [5.74, 6) is 0.945. The van der Waals surface area contributed by atoms with Crippen molar-refractivity contribution in [3.8, 4) is 22.8 Å². The largest absolute Gasteiger partial charge is 0.467 e. The lowest BCUT2D eigenvalue weighted by molar-refractivity contribution is 0.486. The Hall–Kier alpha value is -2.42. The van der Waals surface area contributed by atoms with Gasteiger partial charge < -0.3 is 4.74 Å². The molecule has 1 aromatic heterocycles. The number of hydrogen-bond donors (Lipinski definition) is 0. The molecule has 4 nitrogen and oxygen atoms in total. The topological polar surface area (TPSA) is 39.4 Å². The van der Waals surface area contributed by atoms with Crippen LogP contribution in [0.2, 0.25) is 5.02 Å². The molecule has 3 rings (SSSR count). The van der Waals surface area contributed by atoms with E-state index in [9.17, 15) is 0 Å². The van der Waals surface area contributed by atoms with E-state index in [0.29, 0.717) is 38.8 Å². The Kier molecular flexibility index (Phi) is 5.09. The predicted molar refractivity (Wildman–Crippen MR) is 97.9 cm³/mol. The van der Waals surface area contributed by atoms with Crippen molar-refractivity contribution in [2.24, 2.45) is 0 Å². The number of alkyl halides is 1. The van der Waals surface area contributed by atoms with Gasteiger partial charge in [0.1, 0.15) is 17.8 Å². The normalized spacial score (nSPS) is 10.2. The average Bonchev–Trinajstić information content (AvgIpc) is 2.63. The highest BCUT2D eigenvalue weighted by molar-refractivity contribution is 9.08. The van der Waals surface area contributed by atoms with Gasteiger partial charge >= 0.3 is 0 Å². The molecule has 0 N–H and O–H groups in total. The van der Waals surface area contributed by atoms with Crippen LogP contribution in [0.1, 0.15) is 5.56 Å². The first-order chi connectivity index (χ1) is 11.7. The lowest BCUT2D eigenvalue weighted by Gasteiger charge is -2.12. The predicted octanol–water partition coefficient (Wildman–Crippen LogP) is 6.03. The summed E-state index contributed by atoms with van der Waals surface area (Å²) in [4.78, 5) is 11.7. The molecule has 0 spiro atoms. The number of hydrogen-bond acceptors (Lipinski definition) is 3. The van der Waals surface area contributed by atoms with E-state index in [1.165, 1.54) is 6.33 Å². The quantitative estimate of drug-likeness (QED) is 0.396. The van der Waals surface area contributed by atoms with E-state index >= 15 is 0 Å². The van der Waals surface area contributed by atoms with Crippen LogP contribution in [-0.2, 0) is 5.33 Å². The van der Waals surface area contributed by atoms with Gasteiger partial charge in [-0.25, -0.2) is 14.8 Å². The molecule has 0 bridgehead atoms. The highest BCUT2D eigenvalue weighted by atomic mass is 79.9. The lowest BCUT2D eigenvalue weighted by Crippen LogP contribution is -1.90. The van der Waals surface area contributed by atoms with Crippen molar-refractivity contribution < 1.29 is 4.74 Å². The Labute approximate surface area is 153 Å². The Morgan fingerprint density at radius 3 is 2.71 bits per heavy atom. The first kappa shape index (κ1) is 16.4. The zero-order valence-electron chi connectivity index (χ0n) is 12.4. The minimum atomic E-state index is 0.386. The molecule has 118 valence electrons. The van der Waals surface area contributed by atoms with E-state index in [2.05, 4.69) is 30.7 Å². The van der Waals surface area contributed by atoms with Crippen molar-refractivity contribution in [3.05, 3.63) is 77.0 Å². The van der Waals surface area contributed by atoms with E-state index in [4.69, 9.17) is 22.9 Å². The van der Waals surface area contributed by atoms with Gasteiger partial charge in [0, 0.05) is 17.1 Å². The Morgan fingerprint density at radius 1 is 1.17 bits per heavy atom. The van der Waals surface area contributed by atoms with E-state index < -0.39 is 0 Å². The van der Waals surface area contributed by atoms with Crippen LogP contribution < -0.4 is 4.74 Å². The Balaban J connectivity index is 2.02. The van der Waals surface area contributed by atoms with Gasteiger partial charge in [-0.2, -0.15) is 0 Å². The molecule has 0 unspecified atom stereocenters. The molecule has 1 heterocycles.